The summed E-state index contributed by atoms with van der Waals surface area (Å²) >= 11 is 8.58. The first-order chi connectivity index (χ1) is 6.06. The molecule has 0 saturated heterocycles. The van der Waals surface area contributed by atoms with Gasteiger partial charge in [0.15, 0.2) is 0 Å². The molecule has 0 aliphatic heterocycles. The Morgan fingerprint density at radius 1 is 1.62 bits per heavy atom. The Kier molecular flexibility index (Phi) is 3.44. The van der Waals surface area contributed by atoms with E-state index in [1.807, 2.05) is 0 Å². The number of pyridine rings is 1. The molecule has 1 aromatic heterocycles. The second-order valence-electron chi connectivity index (χ2n) is 2.32. The fourth-order valence-corrected chi connectivity index (χ4v) is 1.58. The zero-order chi connectivity index (χ0) is 10.0. The van der Waals surface area contributed by atoms with E-state index in [0.29, 0.717) is 0 Å². The summed E-state index contributed by atoms with van der Waals surface area (Å²) in [5.41, 5.74) is -0.738. The Bertz CT molecular complexity index is 366. The average molecular weight is 272 g/mol. The maximum absolute atomic E-state index is 12.2. The number of rotatable bonds is 2. The number of hydrogen-bond acceptors (Lipinski definition) is 1. The van der Waals surface area contributed by atoms with Crippen LogP contribution in [0.15, 0.2) is 10.9 Å². The molecule has 1 aromatic rings. The van der Waals surface area contributed by atoms with Gasteiger partial charge in [0.2, 0.25) is 5.43 Å². The van der Waals surface area contributed by atoms with E-state index in [1.165, 1.54) is 0 Å². The van der Waals surface area contributed by atoms with E-state index < -0.39 is 17.5 Å². The number of aromatic nitrogens is 1. The maximum atomic E-state index is 12.2. The van der Waals surface area contributed by atoms with Crippen LogP contribution in [0.25, 0.3) is 0 Å². The molecule has 0 aromatic carbocycles. The molecule has 0 fully saturated rings. The van der Waals surface area contributed by atoms with Crippen molar-refractivity contribution in [3.05, 3.63) is 32.7 Å². The molecule has 2 nitrogen and oxygen atoms in total. The predicted molar refractivity (Wildman–Crippen MR) is 49.7 cm³/mol. The van der Waals surface area contributed by atoms with Gasteiger partial charge in [-0.15, -0.1) is 0 Å². The number of aromatic amines is 1. The molecule has 0 bridgehead atoms. The third-order valence-corrected chi connectivity index (χ3v) is 2.41. The molecule has 6 heteroatoms. The van der Waals surface area contributed by atoms with Gasteiger partial charge in [0, 0.05) is 17.1 Å². The highest BCUT2D eigenvalue weighted by Gasteiger charge is 2.12. The summed E-state index contributed by atoms with van der Waals surface area (Å²) in [5, 5.41) is 0.183. The first-order valence-electron chi connectivity index (χ1n) is 3.32. The van der Waals surface area contributed by atoms with Gasteiger partial charge in [-0.25, -0.2) is 8.78 Å². The molecule has 0 saturated carbocycles. The highest BCUT2D eigenvalue weighted by Crippen LogP contribution is 2.19. The summed E-state index contributed by atoms with van der Waals surface area (Å²) in [7, 11) is 0. The van der Waals surface area contributed by atoms with Crippen molar-refractivity contribution in [2.24, 2.45) is 0 Å². The van der Waals surface area contributed by atoms with E-state index >= 15 is 0 Å². The van der Waals surface area contributed by atoms with Crippen molar-refractivity contribution in [1.82, 2.24) is 4.98 Å². The molecule has 0 aliphatic rings. The fourth-order valence-electron chi connectivity index (χ4n) is 0.828. The molecule has 13 heavy (non-hydrogen) atoms. The molecule has 0 atom stereocenters. The van der Waals surface area contributed by atoms with Crippen LogP contribution in [0.4, 0.5) is 8.78 Å². The van der Waals surface area contributed by atoms with Crippen molar-refractivity contribution in [2.45, 2.75) is 11.8 Å². The third kappa shape index (κ3) is 2.28. The van der Waals surface area contributed by atoms with Crippen LogP contribution in [0.5, 0.6) is 0 Å². The Labute approximate surface area is 86.0 Å². The van der Waals surface area contributed by atoms with E-state index in [4.69, 9.17) is 11.6 Å². The smallest absolute Gasteiger partial charge is 0.278 e. The van der Waals surface area contributed by atoms with Gasteiger partial charge in [0.1, 0.15) is 5.02 Å². The van der Waals surface area contributed by atoms with Gasteiger partial charge in [0.25, 0.3) is 6.43 Å². The summed E-state index contributed by atoms with van der Waals surface area (Å²) in [6.45, 7) is 0. The van der Waals surface area contributed by atoms with Gasteiger partial charge in [-0.2, -0.15) is 0 Å². The number of H-pyrrole nitrogens is 1. The quantitative estimate of drug-likeness (QED) is 0.825. The van der Waals surface area contributed by atoms with Crippen molar-refractivity contribution in [1.29, 1.82) is 0 Å². The summed E-state index contributed by atoms with van der Waals surface area (Å²) in [6, 6.07) is 0.805. The molecule has 72 valence electrons. The molecular weight excluding hydrogens is 267 g/mol. The lowest BCUT2D eigenvalue weighted by Gasteiger charge is -2.04. The van der Waals surface area contributed by atoms with Crippen molar-refractivity contribution in [2.75, 3.05) is 0 Å². The number of halogens is 4. The molecule has 0 amide bonds. The summed E-state index contributed by atoms with van der Waals surface area (Å²) < 4.78 is 24.3. The summed E-state index contributed by atoms with van der Waals surface area (Å²) in [5.74, 6) is 0. The maximum Gasteiger partial charge on any atom is 0.278 e. The molecule has 1 rings (SSSR count). The van der Waals surface area contributed by atoms with Crippen molar-refractivity contribution >= 4 is 27.5 Å². The average Bonchev–Trinajstić information content (AvgIpc) is 2.09. The van der Waals surface area contributed by atoms with E-state index in [9.17, 15) is 13.6 Å². The van der Waals surface area contributed by atoms with Gasteiger partial charge in [-0.1, -0.05) is 27.5 Å². The first kappa shape index (κ1) is 10.7. The van der Waals surface area contributed by atoms with Crippen molar-refractivity contribution in [3.63, 3.8) is 0 Å². The minimum absolute atomic E-state index is 0.0544. The molecule has 1 heterocycles. The minimum atomic E-state index is -2.69. The first-order valence-corrected chi connectivity index (χ1v) is 4.82. The molecule has 0 radical (unpaired) electrons. The molecule has 0 unspecified atom stereocenters. The topological polar surface area (TPSA) is 32.9 Å². The Hall–Kier alpha value is -0.420. The molecular formula is C7H5BrClF2NO. The van der Waals surface area contributed by atoms with Crippen LogP contribution in [0.2, 0.25) is 5.02 Å². The summed E-state index contributed by atoms with van der Waals surface area (Å²) in [6.07, 6.45) is -2.69. The van der Waals surface area contributed by atoms with Gasteiger partial charge >= 0.3 is 0 Å². The largest absolute Gasteiger partial charge is 0.355 e. The van der Waals surface area contributed by atoms with Crippen LogP contribution in [-0.2, 0) is 5.33 Å². The van der Waals surface area contributed by atoms with Gasteiger partial charge in [-0.05, 0) is 0 Å². The monoisotopic (exact) mass is 271 g/mol. The predicted octanol–water partition coefficient (Wildman–Crippen LogP) is 2.86. The second kappa shape index (κ2) is 4.19. The number of hydrogen-bond donors (Lipinski definition) is 1. The Morgan fingerprint density at radius 3 is 2.69 bits per heavy atom. The minimum Gasteiger partial charge on any atom is -0.355 e. The molecule has 0 aliphatic carbocycles. The van der Waals surface area contributed by atoms with Gasteiger partial charge < -0.3 is 4.98 Å². The third-order valence-electron chi connectivity index (χ3n) is 1.43. The Balaban J connectivity index is 3.31. The van der Waals surface area contributed by atoms with E-state index in [1.54, 1.807) is 0 Å². The standard InChI is InChI=1S/C7H5BrClF2NO/c8-2-4-6(9)5(13)1-3(12-4)7(10)11/h1,7H,2H2,(H,12,13). The molecule has 1 N–H and O–H groups in total. The zero-order valence-corrected chi connectivity index (χ0v) is 8.62. The Morgan fingerprint density at radius 2 is 2.23 bits per heavy atom. The van der Waals surface area contributed by atoms with Crippen LogP contribution in [0.3, 0.4) is 0 Å². The number of alkyl halides is 3. The lowest BCUT2D eigenvalue weighted by molar-refractivity contribution is 0.146. The highest BCUT2D eigenvalue weighted by molar-refractivity contribution is 9.08. The summed E-state index contributed by atoms with van der Waals surface area (Å²) in [4.78, 5) is 13.4. The normalized spacial score (nSPS) is 10.8. The van der Waals surface area contributed by atoms with E-state index in [2.05, 4.69) is 20.9 Å². The number of nitrogens with one attached hydrogen (secondary N) is 1. The zero-order valence-electron chi connectivity index (χ0n) is 6.28. The lowest BCUT2D eigenvalue weighted by atomic mass is 10.3. The molecule has 0 spiro atoms. The van der Waals surface area contributed by atoms with Crippen LogP contribution < -0.4 is 5.43 Å². The van der Waals surface area contributed by atoms with E-state index in [-0.39, 0.29) is 16.0 Å². The fraction of sp³-hybridized carbons (Fsp3) is 0.286. The van der Waals surface area contributed by atoms with Gasteiger partial charge in [-0.3, -0.25) is 4.79 Å². The van der Waals surface area contributed by atoms with Crippen molar-refractivity contribution in [3.8, 4) is 0 Å². The van der Waals surface area contributed by atoms with Crippen molar-refractivity contribution < 1.29 is 8.78 Å². The van der Waals surface area contributed by atoms with Crippen LogP contribution in [-0.4, -0.2) is 4.98 Å². The second-order valence-corrected chi connectivity index (χ2v) is 3.25. The highest BCUT2D eigenvalue weighted by atomic mass is 79.9. The van der Waals surface area contributed by atoms with Crippen LogP contribution in [0, 0.1) is 0 Å². The van der Waals surface area contributed by atoms with Crippen LogP contribution in [0.1, 0.15) is 17.8 Å². The van der Waals surface area contributed by atoms with E-state index in [0.717, 1.165) is 6.07 Å². The van der Waals surface area contributed by atoms with Gasteiger partial charge in [0.05, 0.1) is 5.69 Å². The SMILES string of the molecule is O=c1cc(C(F)F)[nH]c(CBr)c1Cl. The lowest BCUT2D eigenvalue weighted by Crippen LogP contribution is -2.08. The van der Waals surface area contributed by atoms with Crippen LogP contribution >= 0.6 is 27.5 Å².